The Bertz CT molecular complexity index is 493. The molecule has 2 aliphatic heterocycles. The van der Waals surface area contributed by atoms with Gasteiger partial charge in [0, 0.05) is 25.1 Å². The lowest BCUT2D eigenvalue weighted by Gasteiger charge is -2.32. The fraction of sp³-hybridized carbons (Fsp3) is 0.562. The molecule has 2 N–H and O–H groups in total. The van der Waals surface area contributed by atoms with Crippen molar-refractivity contribution in [3.63, 3.8) is 0 Å². The molecule has 3 rings (SSSR count). The highest BCUT2D eigenvalue weighted by Crippen LogP contribution is 2.27. The van der Waals surface area contributed by atoms with Gasteiger partial charge < -0.3 is 15.4 Å². The molecule has 0 atom stereocenters. The van der Waals surface area contributed by atoms with Crippen molar-refractivity contribution in [2.24, 2.45) is 11.7 Å². The Labute approximate surface area is 119 Å². The molecule has 0 aliphatic carbocycles. The van der Waals surface area contributed by atoms with Crippen LogP contribution in [0.1, 0.15) is 35.2 Å². The van der Waals surface area contributed by atoms with Crippen molar-refractivity contribution in [3.8, 4) is 5.75 Å². The normalized spacial score (nSPS) is 18.8. The lowest BCUT2D eigenvalue weighted by molar-refractivity contribution is 0.0688. The second-order valence-electron chi connectivity index (χ2n) is 5.73. The summed E-state index contributed by atoms with van der Waals surface area (Å²) in [7, 11) is 0. The maximum Gasteiger partial charge on any atom is 0.253 e. The van der Waals surface area contributed by atoms with E-state index in [1.54, 1.807) is 0 Å². The van der Waals surface area contributed by atoms with Crippen LogP contribution in [0.4, 0.5) is 0 Å². The molecule has 0 bridgehead atoms. The molecule has 1 fully saturated rings. The molecule has 0 saturated carbocycles. The number of nitrogens with zero attached hydrogens (tertiary/aromatic N) is 1. The monoisotopic (exact) mass is 274 g/mol. The zero-order chi connectivity index (χ0) is 13.9. The van der Waals surface area contributed by atoms with Gasteiger partial charge in [0.05, 0.1) is 6.61 Å². The first-order chi connectivity index (χ1) is 9.78. The SMILES string of the molecule is NCCC1CCN(C(=O)c2ccc3c(c2)CCO3)CC1. The van der Waals surface area contributed by atoms with Gasteiger partial charge in [0.15, 0.2) is 0 Å². The van der Waals surface area contributed by atoms with E-state index in [1.807, 2.05) is 23.1 Å². The van der Waals surface area contributed by atoms with Crippen LogP contribution in [0.25, 0.3) is 0 Å². The minimum absolute atomic E-state index is 0.158. The Morgan fingerprint density at radius 3 is 2.90 bits per heavy atom. The minimum atomic E-state index is 0.158. The van der Waals surface area contributed by atoms with Gasteiger partial charge in [-0.2, -0.15) is 0 Å². The number of ether oxygens (including phenoxy) is 1. The van der Waals surface area contributed by atoms with Gasteiger partial charge in [-0.25, -0.2) is 0 Å². The Morgan fingerprint density at radius 2 is 2.15 bits per heavy atom. The van der Waals surface area contributed by atoms with Gasteiger partial charge in [0.25, 0.3) is 5.91 Å². The van der Waals surface area contributed by atoms with Crippen LogP contribution in [0.5, 0.6) is 5.75 Å². The number of hydrogen-bond acceptors (Lipinski definition) is 3. The van der Waals surface area contributed by atoms with Crippen molar-refractivity contribution in [2.75, 3.05) is 26.2 Å². The molecule has 1 aromatic carbocycles. The van der Waals surface area contributed by atoms with Crippen LogP contribution in [0.15, 0.2) is 18.2 Å². The first-order valence-electron chi connectivity index (χ1n) is 7.53. The molecule has 4 nitrogen and oxygen atoms in total. The third-order valence-corrected chi connectivity index (χ3v) is 4.41. The van der Waals surface area contributed by atoms with Gasteiger partial charge in [0.2, 0.25) is 0 Å². The van der Waals surface area contributed by atoms with E-state index < -0.39 is 0 Å². The topological polar surface area (TPSA) is 55.6 Å². The summed E-state index contributed by atoms with van der Waals surface area (Å²) in [6, 6.07) is 5.81. The largest absolute Gasteiger partial charge is 0.493 e. The number of piperidine rings is 1. The van der Waals surface area contributed by atoms with Crippen LogP contribution in [0.2, 0.25) is 0 Å². The summed E-state index contributed by atoms with van der Waals surface area (Å²) in [5.74, 6) is 1.78. The van der Waals surface area contributed by atoms with Crippen molar-refractivity contribution in [3.05, 3.63) is 29.3 Å². The molecule has 108 valence electrons. The fourth-order valence-corrected chi connectivity index (χ4v) is 3.16. The van der Waals surface area contributed by atoms with E-state index in [2.05, 4.69) is 0 Å². The molecule has 0 unspecified atom stereocenters. The molecule has 1 saturated heterocycles. The zero-order valence-electron chi connectivity index (χ0n) is 11.8. The average molecular weight is 274 g/mol. The third-order valence-electron chi connectivity index (χ3n) is 4.41. The summed E-state index contributed by atoms with van der Waals surface area (Å²) in [4.78, 5) is 14.5. The molecule has 2 aliphatic rings. The first-order valence-corrected chi connectivity index (χ1v) is 7.53. The Kier molecular flexibility index (Phi) is 3.92. The van der Waals surface area contributed by atoms with Gasteiger partial charge in [0.1, 0.15) is 5.75 Å². The summed E-state index contributed by atoms with van der Waals surface area (Å²) in [5, 5.41) is 0. The van der Waals surface area contributed by atoms with Crippen molar-refractivity contribution >= 4 is 5.91 Å². The molecule has 0 spiro atoms. The van der Waals surface area contributed by atoms with E-state index in [0.717, 1.165) is 68.8 Å². The third kappa shape index (κ3) is 2.66. The average Bonchev–Trinajstić information content (AvgIpc) is 2.95. The second kappa shape index (κ2) is 5.83. The number of rotatable bonds is 3. The van der Waals surface area contributed by atoms with Crippen molar-refractivity contribution in [2.45, 2.75) is 25.7 Å². The summed E-state index contributed by atoms with van der Waals surface area (Å²) >= 11 is 0. The molecule has 1 aromatic rings. The number of benzene rings is 1. The Morgan fingerprint density at radius 1 is 1.35 bits per heavy atom. The number of fused-ring (bicyclic) bond motifs is 1. The molecular weight excluding hydrogens is 252 g/mol. The number of likely N-dealkylation sites (tertiary alicyclic amines) is 1. The predicted octanol–water partition coefficient (Wildman–Crippen LogP) is 1.82. The number of nitrogens with two attached hydrogens (primary N) is 1. The predicted molar refractivity (Wildman–Crippen MR) is 77.9 cm³/mol. The van der Waals surface area contributed by atoms with E-state index in [1.165, 1.54) is 0 Å². The van der Waals surface area contributed by atoms with Crippen molar-refractivity contribution in [1.82, 2.24) is 4.90 Å². The van der Waals surface area contributed by atoms with E-state index in [-0.39, 0.29) is 5.91 Å². The number of amides is 1. The zero-order valence-corrected chi connectivity index (χ0v) is 11.8. The highest BCUT2D eigenvalue weighted by Gasteiger charge is 2.24. The minimum Gasteiger partial charge on any atom is -0.493 e. The summed E-state index contributed by atoms with van der Waals surface area (Å²) in [6.07, 6.45) is 4.15. The van der Waals surface area contributed by atoms with E-state index in [9.17, 15) is 4.79 Å². The lowest BCUT2D eigenvalue weighted by Crippen LogP contribution is -2.38. The van der Waals surface area contributed by atoms with Crippen LogP contribution < -0.4 is 10.5 Å². The van der Waals surface area contributed by atoms with Gasteiger partial charge in [-0.1, -0.05) is 0 Å². The Balaban J connectivity index is 1.65. The number of carbonyl (C=O) groups is 1. The van der Waals surface area contributed by atoms with Crippen molar-refractivity contribution < 1.29 is 9.53 Å². The fourth-order valence-electron chi connectivity index (χ4n) is 3.16. The maximum absolute atomic E-state index is 12.5. The quantitative estimate of drug-likeness (QED) is 0.914. The smallest absolute Gasteiger partial charge is 0.253 e. The summed E-state index contributed by atoms with van der Waals surface area (Å²) < 4.78 is 5.48. The number of hydrogen-bond donors (Lipinski definition) is 1. The van der Waals surface area contributed by atoms with Crippen LogP contribution in [-0.2, 0) is 6.42 Å². The van der Waals surface area contributed by atoms with E-state index in [4.69, 9.17) is 10.5 Å². The van der Waals surface area contributed by atoms with Gasteiger partial charge >= 0.3 is 0 Å². The van der Waals surface area contributed by atoms with E-state index in [0.29, 0.717) is 5.92 Å². The second-order valence-corrected chi connectivity index (χ2v) is 5.73. The van der Waals surface area contributed by atoms with Crippen LogP contribution in [0, 0.1) is 5.92 Å². The van der Waals surface area contributed by atoms with Gasteiger partial charge in [-0.15, -0.1) is 0 Å². The summed E-state index contributed by atoms with van der Waals surface area (Å²) in [6.45, 7) is 3.20. The number of carbonyl (C=O) groups excluding carboxylic acids is 1. The highest BCUT2D eigenvalue weighted by atomic mass is 16.5. The van der Waals surface area contributed by atoms with Crippen molar-refractivity contribution in [1.29, 1.82) is 0 Å². The van der Waals surface area contributed by atoms with E-state index >= 15 is 0 Å². The molecule has 4 heteroatoms. The first kappa shape index (κ1) is 13.4. The summed E-state index contributed by atoms with van der Waals surface area (Å²) in [5.41, 5.74) is 7.56. The van der Waals surface area contributed by atoms with Crippen LogP contribution in [-0.4, -0.2) is 37.0 Å². The van der Waals surface area contributed by atoms with Crippen LogP contribution in [0.3, 0.4) is 0 Å². The van der Waals surface area contributed by atoms with Crippen LogP contribution >= 0.6 is 0 Å². The molecular formula is C16H22N2O2. The maximum atomic E-state index is 12.5. The molecule has 1 amide bonds. The molecule has 0 aromatic heterocycles. The molecule has 0 radical (unpaired) electrons. The molecule has 20 heavy (non-hydrogen) atoms. The molecule has 2 heterocycles. The lowest BCUT2D eigenvalue weighted by atomic mass is 9.93. The highest BCUT2D eigenvalue weighted by molar-refractivity contribution is 5.94. The van der Waals surface area contributed by atoms with Gasteiger partial charge in [-0.3, -0.25) is 4.79 Å². The Hall–Kier alpha value is -1.55. The standard InChI is InChI=1S/C16H22N2O2/c17-7-3-12-4-8-18(9-5-12)16(19)14-1-2-15-13(11-14)6-10-20-15/h1-2,11-12H,3-10,17H2. The van der Waals surface area contributed by atoms with Gasteiger partial charge in [-0.05, 0) is 55.5 Å².